The molecule has 0 atom stereocenters. The number of hydrogen-bond acceptors (Lipinski definition) is 3. The lowest BCUT2D eigenvalue weighted by Gasteiger charge is -2.11. The number of hydrogen-bond donors (Lipinski definition) is 1. The van der Waals surface area contributed by atoms with E-state index in [0.29, 0.717) is 17.4 Å². The van der Waals surface area contributed by atoms with Crippen LogP contribution in [0.25, 0.3) is 10.9 Å². The summed E-state index contributed by atoms with van der Waals surface area (Å²) in [6.45, 7) is 2.50. The van der Waals surface area contributed by atoms with E-state index in [0.717, 1.165) is 30.5 Å². The Kier molecular flexibility index (Phi) is 4.67. The van der Waals surface area contributed by atoms with Crippen LogP contribution in [0.1, 0.15) is 24.1 Å². The molecule has 2 rings (SSSR count). The Balaban J connectivity index is 2.28. The zero-order chi connectivity index (χ0) is 15.5. The van der Waals surface area contributed by atoms with E-state index >= 15 is 0 Å². The molecule has 0 radical (unpaired) electrons. The Morgan fingerprint density at radius 3 is 2.62 bits per heavy atom. The number of benzene rings is 1. The number of alkyl halides is 3. The fourth-order valence-electron chi connectivity index (χ4n) is 2.22. The fraction of sp³-hybridized carbons (Fsp3) is 0.400. The van der Waals surface area contributed by atoms with Crippen LogP contribution < -0.4 is 10.5 Å². The van der Waals surface area contributed by atoms with Gasteiger partial charge in [-0.2, -0.15) is 0 Å². The van der Waals surface area contributed by atoms with Crippen molar-refractivity contribution in [1.29, 1.82) is 0 Å². The molecule has 0 bridgehead atoms. The van der Waals surface area contributed by atoms with Crippen molar-refractivity contribution in [2.75, 3.05) is 6.54 Å². The average molecular weight is 298 g/mol. The summed E-state index contributed by atoms with van der Waals surface area (Å²) in [6.07, 6.45) is -1.99. The number of aryl methyl sites for hydroxylation is 2. The number of halogens is 3. The molecule has 0 amide bonds. The highest BCUT2D eigenvalue weighted by Crippen LogP contribution is 2.27. The Labute approximate surface area is 120 Å². The minimum absolute atomic E-state index is 0.226. The minimum atomic E-state index is -4.68. The molecular formula is C15H17F3N2O. The van der Waals surface area contributed by atoms with Gasteiger partial charge in [-0.1, -0.05) is 0 Å². The van der Waals surface area contributed by atoms with Gasteiger partial charge in [-0.15, -0.1) is 13.2 Å². The van der Waals surface area contributed by atoms with Crippen LogP contribution in [0.2, 0.25) is 0 Å². The molecule has 0 spiro atoms. The highest BCUT2D eigenvalue weighted by atomic mass is 19.4. The number of pyridine rings is 1. The van der Waals surface area contributed by atoms with Gasteiger partial charge in [-0.05, 0) is 62.6 Å². The van der Waals surface area contributed by atoms with Crippen LogP contribution >= 0.6 is 0 Å². The molecule has 0 saturated carbocycles. The Morgan fingerprint density at radius 2 is 1.95 bits per heavy atom. The van der Waals surface area contributed by atoms with Gasteiger partial charge in [0.1, 0.15) is 5.75 Å². The maximum atomic E-state index is 12.2. The van der Waals surface area contributed by atoms with Crippen molar-refractivity contribution in [1.82, 2.24) is 4.98 Å². The van der Waals surface area contributed by atoms with Crippen molar-refractivity contribution >= 4 is 10.9 Å². The van der Waals surface area contributed by atoms with Crippen LogP contribution in [-0.4, -0.2) is 17.9 Å². The van der Waals surface area contributed by atoms with E-state index in [1.807, 2.05) is 13.0 Å². The maximum absolute atomic E-state index is 12.2. The average Bonchev–Trinajstić information content (AvgIpc) is 2.38. The van der Waals surface area contributed by atoms with Crippen molar-refractivity contribution in [3.63, 3.8) is 0 Å². The molecule has 1 heterocycles. The second-order valence-corrected chi connectivity index (χ2v) is 4.90. The van der Waals surface area contributed by atoms with Crippen molar-refractivity contribution in [3.8, 4) is 5.75 Å². The molecule has 2 N–H and O–H groups in total. The summed E-state index contributed by atoms with van der Waals surface area (Å²) < 4.78 is 40.6. The number of rotatable bonds is 5. The molecule has 0 aliphatic rings. The summed E-state index contributed by atoms with van der Waals surface area (Å²) in [6, 6.07) is 6.10. The van der Waals surface area contributed by atoms with Gasteiger partial charge in [0.15, 0.2) is 0 Å². The fourth-order valence-corrected chi connectivity index (χ4v) is 2.22. The second kappa shape index (κ2) is 6.30. The van der Waals surface area contributed by atoms with Crippen molar-refractivity contribution in [2.24, 2.45) is 5.73 Å². The summed E-state index contributed by atoms with van der Waals surface area (Å²) >= 11 is 0. The van der Waals surface area contributed by atoms with E-state index in [9.17, 15) is 13.2 Å². The number of aromatic nitrogens is 1. The Hall–Kier alpha value is -1.82. The molecule has 0 unspecified atom stereocenters. The number of ether oxygens (including phenoxy) is 1. The number of nitrogens with zero attached hydrogens (tertiary/aromatic N) is 1. The van der Waals surface area contributed by atoms with Crippen molar-refractivity contribution < 1.29 is 17.9 Å². The molecule has 114 valence electrons. The molecule has 21 heavy (non-hydrogen) atoms. The normalized spacial score (nSPS) is 11.9. The number of nitrogens with two attached hydrogens (primary N) is 1. The number of unbranched alkanes of at least 4 members (excludes halogenated alkanes) is 1. The van der Waals surface area contributed by atoms with Gasteiger partial charge in [0.25, 0.3) is 0 Å². The first-order valence-corrected chi connectivity index (χ1v) is 6.75. The number of fused-ring (bicyclic) bond motifs is 1. The summed E-state index contributed by atoms with van der Waals surface area (Å²) in [4.78, 5) is 4.47. The van der Waals surface area contributed by atoms with Crippen molar-refractivity contribution in [2.45, 2.75) is 32.5 Å². The smallest absolute Gasteiger partial charge is 0.406 e. The summed E-state index contributed by atoms with van der Waals surface area (Å²) in [7, 11) is 0. The third-order valence-electron chi connectivity index (χ3n) is 3.16. The topological polar surface area (TPSA) is 48.1 Å². The molecule has 2 aromatic rings. The molecule has 1 aromatic carbocycles. The molecule has 1 aromatic heterocycles. The Morgan fingerprint density at radius 1 is 1.19 bits per heavy atom. The van der Waals surface area contributed by atoms with Crippen LogP contribution in [0.5, 0.6) is 5.75 Å². The first kappa shape index (κ1) is 15.6. The minimum Gasteiger partial charge on any atom is -0.406 e. The standard InChI is InChI=1S/C15H17F3N2O/c1-10-8-11(4-2-3-7-19)20-14-6-5-12(9-13(10)14)21-15(16,17)18/h5-6,8-9H,2-4,7,19H2,1H3. The highest BCUT2D eigenvalue weighted by molar-refractivity contribution is 5.83. The van der Waals surface area contributed by atoms with E-state index in [2.05, 4.69) is 9.72 Å². The third-order valence-corrected chi connectivity index (χ3v) is 3.16. The maximum Gasteiger partial charge on any atom is 0.573 e. The van der Waals surface area contributed by atoms with E-state index < -0.39 is 6.36 Å². The zero-order valence-electron chi connectivity index (χ0n) is 11.7. The lowest BCUT2D eigenvalue weighted by Crippen LogP contribution is -2.17. The van der Waals surface area contributed by atoms with Gasteiger partial charge >= 0.3 is 6.36 Å². The lowest BCUT2D eigenvalue weighted by molar-refractivity contribution is -0.274. The zero-order valence-corrected chi connectivity index (χ0v) is 11.7. The first-order valence-electron chi connectivity index (χ1n) is 6.75. The van der Waals surface area contributed by atoms with Gasteiger partial charge in [0.2, 0.25) is 0 Å². The predicted octanol–water partition coefficient (Wildman–Crippen LogP) is 3.72. The Bertz CT molecular complexity index is 626. The first-order chi connectivity index (χ1) is 9.89. The second-order valence-electron chi connectivity index (χ2n) is 4.90. The van der Waals surface area contributed by atoms with E-state index in [1.54, 1.807) is 6.07 Å². The van der Waals surface area contributed by atoms with Gasteiger partial charge in [0.05, 0.1) is 5.52 Å². The summed E-state index contributed by atoms with van der Waals surface area (Å²) in [5.41, 5.74) is 7.94. The van der Waals surface area contributed by atoms with E-state index in [1.165, 1.54) is 12.1 Å². The van der Waals surface area contributed by atoms with Crippen LogP contribution in [0.4, 0.5) is 13.2 Å². The predicted molar refractivity (Wildman–Crippen MR) is 75.2 cm³/mol. The molecule has 6 heteroatoms. The molecule has 0 aliphatic heterocycles. The monoisotopic (exact) mass is 298 g/mol. The highest BCUT2D eigenvalue weighted by Gasteiger charge is 2.31. The van der Waals surface area contributed by atoms with Gasteiger partial charge in [0, 0.05) is 11.1 Å². The van der Waals surface area contributed by atoms with Crippen molar-refractivity contribution in [3.05, 3.63) is 35.5 Å². The van der Waals surface area contributed by atoms with Gasteiger partial charge < -0.3 is 10.5 Å². The molecule has 3 nitrogen and oxygen atoms in total. The third kappa shape index (κ3) is 4.32. The van der Waals surface area contributed by atoms with E-state index in [-0.39, 0.29) is 5.75 Å². The van der Waals surface area contributed by atoms with Gasteiger partial charge in [-0.25, -0.2) is 0 Å². The molecule has 0 aliphatic carbocycles. The lowest BCUT2D eigenvalue weighted by atomic mass is 10.1. The quantitative estimate of drug-likeness (QED) is 0.856. The summed E-state index contributed by atoms with van der Waals surface area (Å²) in [5, 5.41) is 0.666. The SMILES string of the molecule is Cc1cc(CCCCN)nc2ccc(OC(F)(F)F)cc12. The van der Waals surface area contributed by atoms with E-state index in [4.69, 9.17) is 5.73 Å². The summed E-state index contributed by atoms with van der Waals surface area (Å²) in [5.74, 6) is -0.226. The molecule has 0 saturated heterocycles. The van der Waals surface area contributed by atoms with Crippen LogP contribution in [0, 0.1) is 6.92 Å². The van der Waals surface area contributed by atoms with Crippen LogP contribution in [0.15, 0.2) is 24.3 Å². The largest absolute Gasteiger partial charge is 0.573 e. The molecule has 0 fully saturated rings. The molecular weight excluding hydrogens is 281 g/mol. The van der Waals surface area contributed by atoms with Crippen LogP contribution in [0.3, 0.4) is 0 Å². The van der Waals surface area contributed by atoms with Crippen LogP contribution in [-0.2, 0) is 6.42 Å². The van der Waals surface area contributed by atoms with Gasteiger partial charge in [-0.3, -0.25) is 4.98 Å².